The summed E-state index contributed by atoms with van der Waals surface area (Å²) < 4.78 is 1.96. The van der Waals surface area contributed by atoms with Crippen molar-refractivity contribution in [2.75, 3.05) is 7.05 Å². The molecule has 1 aromatic heterocycles. The van der Waals surface area contributed by atoms with Gasteiger partial charge in [-0.3, -0.25) is 4.79 Å². The number of carbonyl (C=O) groups excluding carboxylic acids is 1. The van der Waals surface area contributed by atoms with Gasteiger partial charge in [0.1, 0.15) is 6.54 Å². The summed E-state index contributed by atoms with van der Waals surface area (Å²) >= 11 is 6.12. The highest BCUT2D eigenvalue weighted by Crippen LogP contribution is 2.27. The molecule has 3 nitrogen and oxygen atoms in total. The van der Waals surface area contributed by atoms with Gasteiger partial charge in [-0.2, -0.15) is 0 Å². The van der Waals surface area contributed by atoms with E-state index in [0.29, 0.717) is 12.6 Å². The summed E-state index contributed by atoms with van der Waals surface area (Å²) in [6.07, 6.45) is 4.20. The van der Waals surface area contributed by atoms with Crippen molar-refractivity contribution in [3.05, 3.63) is 35.5 Å². The van der Waals surface area contributed by atoms with E-state index in [1.165, 1.54) is 0 Å². The number of rotatable bonds is 3. The predicted molar refractivity (Wildman–Crippen MR) is 72.7 cm³/mol. The fourth-order valence-electron chi connectivity index (χ4n) is 2.25. The Bertz CT molecular complexity index is 601. The molecule has 18 heavy (non-hydrogen) atoms. The monoisotopic (exact) mass is 262 g/mol. The Balaban J connectivity index is 1.86. The standard InChI is InChI=1S/C14H15ClN2O/c1-16(10-5-6-10)14(18)9-17-8-7-11-12(15)3-2-4-13(11)17/h2-4,7-8,10H,5-6,9H2,1H3. The van der Waals surface area contributed by atoms with Gasteiger partial charge in [-0.05, 0) is 31.0 Å². The van der Waals surface area contributed by atoms with Gasteiger partial charge in [-0.25, -0.2) is 0 Å². The molecule has 1 saturated carbocycles. The highest BCUT2D eigenvalue weighted by Gasteiger charge is 2.29. The third-order valence-electron chi connectivity index (χ3n) is 3.55. The number of hydrogen-bond acceptors (Lipinski definition) is 1. The first kappa shape index (κ1) is 11.6. The zero-order chi connectivity index (χ0) is 12.7. The topological polar surface area (TPSA) is 25.2 Å². The predicted octanol–water partition coefficient (Wildman–Crippen LogP) is 2.92. The molecular weight excluding hydrogens is 248 g/mol. The molecule has 3 rings (SSSR count). The molecule has 0 atom stereocenters. The van der Waals surface area contributed by atoms with Crippen LogP contribution in [-0.2, 0) is 11.3 Å². The Hall–Kier alpha value is -1.48. The van der Waals surface area contributed by atoms with Crippen molar-refractivity contribution in [3.8, 4) is 0 Å². The van der Waals surface area contributed by atoms with Gasteiger partial charge in [0.25, 0.3) is 0 Å². The summed E-state index contributed by atoms with van der Waals surface area (Å²) in [4.78, 5) is 14.0. The molecule has 0 spiro atoms. The summed E-state index contributed by atoms with van der Waals surface area (Å²) in [5.74, 6) is 0.162. The molecule has 0 aliphatic heterocycles. The van der Waals surface area contributed by atoms with Gasteiger partial charge in [-0.15, -0.1) is 0 Å². The number of carbonyl (C=O) groups is 1. The van der Waals surface area contributed by atoms with Gasteiger partial charge in [0, 0.05) is 35.2 Å². The van der Waals surface area contributed by atoms with E-state index >= 15 is 0 Å². The number of nitrogens with zero attached hydrogens (tertiary/aromatic N) is 2. The number of hydrogen-bond donors (Lipinski definition) is 0. The third kappa shape index (κ3) is 1.99. The number of likely N-dealkylation sites (N-methyl/N-ethyl adjacent to an activating group) is 1. The van der Waals surface area contributed by atoms with E-state index in [1.807, 2.05) is 47.0 Å². The van der Waals surface area contributed by atoms with Crippen LogP contribution in [0.25, 0.3) is 10.9 Å². The van der Waals surface area contributed by atoms with Crippen molar-refractivity contribution in [2.45, 2.75) is 25.4 Å². The van der Waals surface area contributed by atoms with Gasteiger partial charge in [0.05, 0.1) is 0 Å². The average Bonchev–Trinajstić information content (AvgIpc) is 3.12. The van der Waals surface area contributed by atoms with E-state index in [-0.39, 0.29) is 5.91 Å². The van der Waals surface area contributed by atoms with Gasteiger partial charge in [-0.1, -0.05) is 17.7 Å². The smallest absolute Gasteiger partial charge is 0.242 e. The highest BCUT2D eigenvalue weighted by molar-refractivity contribution is 6.35. The minimum atomic E-state index is 0.162. The molecule has 0 bridgehead atoms. The molecule has 1 fully saturated rings. The summed E-state index contributed by atoms with van der Waals surface area (Å²) in [5.41, 5.74) is 1.01. The molecule has 1 aliphatic carbocycles. The van der Waals surface area contributed by atoms with E-state index in [9.17, 15) is 4.79 Å². The van der Waals surface area contributed by atoms with Crippen molar-refractivity contribution in [3.63, 3.8) is 0 Å². The van der Waals surface area contributed by atoms with Crippen molar-refractivity contribution in [1.82, 2.24) is 9.47 Å². The lowest BCUT2D eigenvalue weighted by atomic mass is 10.2. The van der Waals surface area contributed by atoms with Crippen molar-refractivity contribution in [1.29, 1.82) is 0 Å². The molecule has 0 saturated heterocycles. The molecule has 1 heterocycles. The van der Waals surface area contributed by atoms with Crippen molar-refractivity contribution < 1.29 is 4.79 Å². The molecule has 1 aliphatic rings. The molecule has 1 aromatic carbocycles. The van der Waals surface area contributed by atoms with Crippen LogP contribution in [0, 0.1) is 0 Å². The lowest BCUT2D eigenvalue weighted by molar-refractivity contribution is -0.130. The van der Waals surface area contributed by atoms with Gasteiger partial charge < -0.3 is 9.47 Å². The maximum absolute atomic E-state index is 12.1. The lowest BCUT2D eigenvalue weighted by Crippen LogP contribution is -2.31. The zero-order valence-electron chi connectivity index (χ0n) is 10.3. The summed E-state index contributed by atoms with van der Waals surface area (Å²) in [6, 6.07) is 8.19. The summed E-state index contributed by atoms with van der Waals surface area (Å²) in [7, 11) is 1.89. The lowest BCUT2D eigenvalue weighted by Gasteiger charge is -2.17. The average molecular weight is 263 g/mol. The first-order valence-corrected chi connectivity index (χ1v) is 6.53. The van der Waals surface area contributed by atoms with E-state index in [1.54, 1.807) is 0 Å². The van der Waals surface area contributed by atoms with Gasteiger partial charge >= 0.3 is 0 Å². The van der Waals surface area contributed by atoms with E-state index < -0.39 is 0 Å². The molecular formula is C14H15ClN2O. The minimum Gasteiger partial charge on any atom is -0.341 e. The normalized spacial score (nSPS) is 15.0. The van der Waals surface area contributed by atoms with Crippen LogP contribution in [-0.4, -0.2) is 28.5 Å². The van der Waals surface area contributed by atoms with Crippen molar-refractivity contribution >= 4 is 28.4 Å². The molecule has 0 unspecified atom stereocenters. The molecule has 0 N–H and O–H groups in total. The summed E-state index contributed by atoms with van der Waals surface area (Å²) in [5, 5.41) is 1.73. The fraction of sp³-hybridized carbons (Fsp3) is 0.357. The van der Waals surface area contributed by atoms with Gasteiger partial charge in [0.15, 0.2) is 0 Å². The first-order valence-electron chi connectivity index (χ1n) is 6.16. The number of benzene rings is 1. The van der Waals surface area contributed by atoms with Crippen LogP contribution in [0.3, 0.4) is 0 Å². The second-order valence-electron chi connectivity index (χ2n) is 4.85. The Morgan fingerprint density at radius 3 is 2.94 bits per heavy atom. The van der Waals surface area contributed by atoms with Crippen LogP contribution in [0.2, 0.25) is 5.02 Å². The first-order chi connectivity index (χ1) is 8.66. The second-order valence-corrected chi connectivity index (χ2v) is 5.26. The quantitative estimate of drug-likeness (QED) is 0.835. The van der Waals surface area contributed by atoms with Crippen LogP contribution in [0.5, 0.6) is 0 Å². The van der Waals surface area contributed by atoms with Crippen LogP contribution in [0.1, 0.15) is 12.8 Å². The maximum Gasteiger partial charge on any atom is 0.242 e. The van der Waals surface area contributed by atoms with Crippen LogP contribution in [0.4, 0.5) is 0 Å². The number of fused-ring (bicyclic) bond motifs is 1. The number of aromatic nitrogens is 1. The van der Waals surface area contributed by atoms with Crippen molar-refractivity contribution in [2.24, 2.45) is 0 Å². The maximum atomic E-state index is 12.1. The van der Waals surface area contributed by atoms with Gasteiger partial charge in [0.2, 0.25) is 5.91 Å². The second kappa shape index (κ2) is 4.32. The molecule has 4 heteroatoms. The highest BCUT2D eigenvalue weighted by atomic mass is 35.5. The van der Waals surface area contributed by atoms with E-state index in [2.05, 4.69) is 0 Å². The third-order valence-corrected chi connectivity index (χ3v) is 3.88. The SMILES string of the molecule is CN(C(=O)Cn1ccc2c(Cl)cccc21)C1CC1. The zero-order valence-corrected chi connectivity index (χ0v) is 11.0. The molecule has 1 amide bonds. The fourth-order valence-corrected chi connectivity index (χ4v) is 2.48. The summed E-state index contributed by atoms with van der Waals surface area (Å²) in [6.45, 7) is 0.386. The van der Waals surface area contributed by atoms with Crippen LogP contribution < -0.4 is 0 Å². The number of amides is 1. The molecule has 94 valence electrons. The molecule has 0 radical (unpaired) electrons. The molecule has 2 aromatic rings. The van der Waals surface area contributed by atoms with Crippen LogP contribution in [0.15, 0.2) is 30.5 Å². The van der Waals surface area contributed by atoms with Crippen LogP contribution >= 0.6 is 11.6 Å². The largest absolute Gasteiger partial charge is 0.341 e. The minimum absolute atomic E-state index is 0.162. The Morgan fingerprint density at radius 1 is 1.44 bits per heavy atom. The number of halogens is 1. The van der Waals surface area contributed by atoms with E-state index in [0.717, 1.165) is 28.8 Å². The Morgan fingerprint density at radius 2 is 2.22 bits per heavy atom. The Labute approximate surface area is 111 Å². The van der Waals surface area contributed by atoms with E-state index in [4.69, 9.17) is 11.6 Å². The Kier molecular flexibility index (Phi) is 2.78.